The number of nitrogens with zero attached hydrogens (tertiary/aromatic N) is 3. The summed E-state index contributed by atoms with van der Waals surface area (Å²) in [5.74, 6) is -2.82. The van der Waals surface area contributed by atoms with Gasteiger partial charge in [-0.25, -0.2) is 14.8 Å². The van der Waals surface area contributed by atoms with Gasteiger partial charge in [-0.2, -0.15) is 0 Å². The van der Waals surface area contributed by atoms with E-state index < -0.39 is 17.9 Å². The maximum atomic E-state index is 11.8. The molecule has 0 bridgehead atoms. The van der Waals surface area contributed by atoms with Crippen molar-refractivity contribution >= 4 is 23.7 Å². The van der Waals surface area contributed by atoms with Gasteiger partial charge in [-0.05, 0) is 0 Å². The van der Waals surface area contributed by atoms with Gasteiger partial charge in [0, 0.05) is 25.4 Å². The van der Waals surface area contributed by atoms with Crippen molar-refractivity contribution in [2.45, 2.75) is 6.42 Å². The third-order valence-corrected chi connectivity index (χ3v) is 2.80. The lowest BCUT2D eigenvalue weighted by Crippen LogP contribution is -2.29. The number of carbonyl (C=O) groups excluding carboxylic acids is 2. The smallest absolute Gasteiger partial charge is 0.358 e. The van der Waals surface area contributed by atoms with Gasteiger partial charge in [0.25, 0.3) is 0 Å². The highest BCUT2D eigenvalue weighted by molar-refractivity contribution is 6.02. The minimum Gasteiger partial charge on any atom is -0.476 e. The first-order valence-corrected chi connectivity index (χ1v) is 5.47. The van der Waals surface area contributed by atoms with Gasteiger partial charge in [0.05, 0.1) is 13.0 Å². The molecule has 0 radical (unpaired) electrons. The van der Waals surface area contributed by atoms with Gasteiger partial charge in [0.2, 0.25) is 5.91 Å². The number of aromatic carboxylic acids is 1. The molecule has 0 aliphatic carbocycles. The second-order valence-corrected chi connectivity index (χ2v) is 3.96. The zero-order chi connectivity index (χ0) is 14.0. The molecule has 1 aromatic rings. The molecule has 1 N–H and O–H groups in total. The minimum absolute atomic E-state index is 0.0255. The zero-order valence-electron chi connectivity index (χ0n) is 10.1. The maximum Gasteiger partial charge on any atom is 0.358 e. The van der Waals surface area contributed by atoms with Crippen LogP contribution < -0.4 is 4.90 Å². The number of carboxylic acid groups (broad SMARTS) is 1. The molecule has 1 aliphatic rings. The molecular weight excluding hydrogens is 254 g/mol. The second-order valence-electron chi connectivity index (χ2n) is 3.96. The van der Waals surface area contributed by atoms with Crippen LogP contribution in [0.15, 0.2) is 12.4 Å². The summed E-state index contributed by atoms with van der Waals surface area (Å²) in [6.07, 6.45) is 2.49. The highest BCUT2D eigenvalue weighted by Gasteiger charge is 2.38. The van der Waals surface area contributed by atoms with Crippen LogP contribution in [-0.2, 0) is 14.3 Å². The van der Waals surface area contributed by atoms with Crippen LogP contribution in [0.5, 0.6) is 0 Å². The first-order chi connectivity index (χ1) is 9.04. The van der Waals surface area contributed by atoms with Crippen molar-refractivity contribution in [3.63, 3.8) is 0 Å². The first-order valence-electron chi connectivity index (χ1n) is 5.47. The maximum absolute atomic E-state index is 11.8. The average molecular weight is 265 g/mol. The quantitative estimate of drug-likeness (QED) is 0.747. The largest absolute Gasteiger partial charge is 0.476 e. The molecule has 1 atom stereocenters. The number of methoxy groups -OCH3 is 1. The molecule has 19 heavy (non-hydrogen) atoms. The van der Waals surface area contributed by atoms with Crippen LogP contribution in [0.3, 0.4) is 0 Å². The normalized spacial score (nSPS) is 18.5. The fourth-order valence-corrected chi connectivity index (χ4v) is 1.92. The SMILES string of the molecule is COC(=O)C1CC(=O)N(c2nccnc2C(=O)O)C1. The number of esters is 1. The van der Waals surface area contributed by atoms with E-state index in [-0.39, 0.29) is 30.4 Å². The highest BCUT2D eigenvalue weighted by atomic mass is 16.5. The van der Waals surface area contributed by atoms with Crippen molar-refractivity contribution in [2.24, 2.45) is 5.92 Å². The molecule has 0 spiro atoms. The van der Waals surface area contributed by atoms with E-state index in [4.69, 9.17) is 5.11 Å². The summed E-state index contributed by atoms with van der Waals surface area (Å²) in [6.45, 7) is 0.0461. The van der Waals surface area contributed by atoms with Gasteiger partial charge in [-0.3, -0.25) is 14.5 Å². The van der Waals surface area contributed by atoms with Crippen LogP contribution in [0.2, 0.25) is 0 Å². The summed E-state index contributed by atoms with van der Waals surface area (Å²) in [7, 11) is 1.24. The van der Waals surface area contributed by atoms with E-state index in [0.717, 1.165) is 4.90 Å². The zero-order valence-corrected chi connectivity index (χ0v) is 10.1. The van der Waals surface area contributed by atoms with Crippen LogP contribution in [-0.4, -0.2) is 46.6 Å². The molecular formula is C11H11N3O5. The van der Waals surface area contributed by atoms with Crippen LogP contribution in [0.1, 0.15) is 16.9 Å². The molecule has 1 saturated heterocycles. The summed E-state index contributed by atoms with van der Waals surface area (Å²) in [5.41, 5.74) is -0.318. The van der Waals surface area contributed by atoms with Crippen molar-refractivity contribution in [2.75, 3.05) is 18.6 Å². The molecule has 0 aromatic carbocycles. The summed E-state index contributed by atoms with van der Waals surface area (Å²) >= 11 is 0. The van der Waals surface area contributed by atoms with E-state index in [1.165, 1.54) is 19.5 Å². The predicted octanol–water partition coefficient (Wildman–Crippen LogP) is -0.299. The third-order valence-electron chi connectivity index (χ3n) is 2.80. The summed E-state index contributed by atoms with van der Waals surface area (Å²) in [4.78, 5) is 43.0. The van der Waals surface area contributed by atoms with Crippen molar-refractivity contribution in [3.05, 3.63) is 18.1 Å². The van der Waals surface area contributed by atoms with Crippen LogP contribution in [0.25, 0.3) is 0 Å². The molecule has 1 aliphatic heterocycles. The number of carboxylic acids is 1. The molecule has 100 valence electrons. The van der Waals surface area contributed by atoms with Crippen molar-refractivity contribution in [1.82, 2.24) is 9.97 Å². The number of hydrogen-bond acceptors (Lipinski definition) is 6. The van der Waals surface area contributed by atoms with Crippen LogP contribution in [0.4, 0.5) is 5.82 Å². The Labute approximate surface area is 108 Å². The standard InChI is InChI=1S/C11H11N3O5/c1-19-11(18)6-4-7(15)14(5-6)9-8(10(16)17)12-2-3-13-9/h2-3,6H,4-5H2,1H3,(H,16,17). The Morgan fingerprint density at radius 1 is 1.42 bits per heavy atom. The second kappa shape index (κ2) is 5.01. The number of hydrogen-bond donors (Lipinski definition) is 1. The van der Waals surface area contributed by atoms with Gasteiger partial charge in [0.15, 0.2) is 11.5 Å². The molecule has 2 heterocycles. The lowest BCUT2D eigenvalue weighted by Gasteiger charge is -2.16. The van der Waals surface area contributed by atoms with Gasteiger partial charge >= 0.3 is 11.9 Å². The first kappa shape index (κ1) is 12.9. The fourth-order valence-electron chi connectivity index (χ4n) is 1.92. The van der Waals surface area contributed by atoms with E-state index in [2.05, 4.69) is 14.7 Å². The van der Waals surface area contributed by atoms with E-state index >= 15 is 0 Å². The highest BCUT2D eigenvalue weighted by Crippen LogP contribution is 2.25. The molecule has 8 heteroatoms. The molecule has 1 unspecified atom stereocenters. The van der Waals surface area contributed by atoms with Gasteiger partial charge < -0.3 is 9.84 Å². The van der Waals surface area contributed by atoms with Gasteiger partial charge in [-0.1, -0.05) is 0 Å². The summed E-state index contributed by atoms with van der Waals surface area (Å²) < 4.78 is 4.57. The Bertz CT molecular complexity index is 545. The Morgan fingerprint density at radius 3 is 2.74 bits per heavy atom. The topological polar surface area (TPSA) is 110 Å². The van der Waals surface area contributed by atoms with Crippen molar-refractivity contribution in [3.8, 4) is 0 Å². The number of amides is 1. The van der Waals surface area contributed by atoms with E-state index in [0.29, 0.717) is 0 Å². The molecule has 8 nitrogen and oxygen atoms in total. The van der Waals surface area contributed by atoms with Crippen molar-refractivity contribution in [1.29, 1.82) is 0 Å². The molecule has 1 aromatic heterocycles. The Balaban J connectivity index is 2.31. The van der Waals surface area contributed by atoms with Gasteiger partial charge in [-0.15, -0.1) is 0 Å². The Morgan fingerprint density at radius 2 is 2.11 bits per heavy atom. The molecule has 1 fully saturated rings. The van der Waals surface area contributed by atoms with Gasteiger partial charge in [0.1, 0.15) is 0 Å². The van der Waals surface area contributed by atoms with E-state index in [1.54, 1.807) is 0 Å². The number of anilines is 1. The van der Waals surface area contributed by atoms with Crippen molar-refractivity contribution < 1.29 is 24.2 Å². The molecule has 1 amide bonds. The monoisotopic (exact) mass is 265 g/mol. The number of aromatic nitrogens is 2. The molecule has 0 saturated carbocycles. The minimum atomic E-state index is -1.28. The Kier molecular flexibility index (Phi) is 3.41. The number of rotatable bonds is 3. The molecule has 2 rings (SSSR count). The lowest BCUT2D eigenvalue weighted by molar-refractivity contribution is -0.145. The fraction of sp³-hybridized carbons (Fsp3) is 0.364. The van der Waals surface area contributed by atoms with Crippen LogP contribution in [0, 0.1) is 5.92 Å². The predicted molar refractivity (Wildman–Crippen MR) is 61.5 cm³/mol. The number of carbonyl (C=O) groups is 3. The Hall–Kier alpha value is -2.51. The lowest BCUT2D eigenvalue weighted by atomic mass is 10.1. The average Bonchev–Trinajstić information content (AvgIpc) is 2.79. The number of ether oxygens (including phenoxy) is 1. The third kappa shape index (κ3) is 2.37. The van der Waals surface area contributed by atoms with E-state index in [9.17, 15) is 14.4 Å². The summed E-state index contributed by atoms with van der Waals surface area (Å²) in [6, 6.07) is 0. The summed E-state index contributed by atoms with van der Waals surface area (Å²) in [5, 5.41) is 9.00. The van der Waals surface area contributed by atoms with E-state index in [1.807, 2.05) is 0 Å². The van der Waals surface area contributed by atoms with Crippen LogP contribution >= 0.6 is 0 Å².